The molecule has 5 rings (SSSR count). The van der Waals surface area contributed by atoms with Crippen LogP contribution in [-0.4, -0.2) is 25.2 Å². The van der Waals surface area contributed by atoms with Crippen molar-refractivity contribution in [3.05, 3.63) is 100 Å². The largest absolute Gasteiger partial charge is 0.493 e. The number of hydrogen-bond acceptors (Lipinski definition) is 6. The number of ether oxygens (including phenoxy) is 3. The molecule has 6 nitrogen and oxygen atoms in total. The first-order valence-corrected chi connectivity index (χ1v) is 11.6. The van der Waals surface area contributed by atoms with Crippen LogP contribution in [0.4, 0.5) is 0 Å². The van der Waals surface area contributed by atoms with E-state index in [0.29, 0.717) is 34.6 Å². The fourth-order valence-electron chi connectivity index (χ4n) is 4.63. The fraction of sp³-hybridized carbons (Fsp3) is 0.167. The van der Waals surface area contributed by atoms with Crippen molar-refractivity contribution in [1.29, 1.82) is 5.26 Å². The Balaban J connectivity index is 1.54. The van der Waals surface area contributed by atoms with Gasteiger partial charge in [0.2, 0.25) is 0 Å². The van der Waals surface area contributed by atoms with E-state index >= 15 is 0 Å². The van der Waals surface area contributed by atoms with E-state index in [2.05, 4.69) is 12.1 Å². The maximum atomic E-state index is 13.4. The average Bonchev–Trinajstić information content (AvgIpc) is 3.32. The van der Waals surface area contributed by atoms with E-state index in [1.165, 1.54) is 0 Å². The highest BCUT2D eigenvalue weighted by Gasteiger charge is 2.27. The molecule has 0 bridgehead atoms. The van der Waals surface area contributed by atoms with Gasteiger partial charge in [0.05, 0.1) is 42.6 Å². The Hall–Kier alpha value is -4.63. The van der Waals surface area contributed by atoms with Crippen LogP contribution >= 0.6 is 0 Å². The SMILES string of the molecule is COc1ccc(C=C2CCc3c2nc2ccccc2c3C(=O)OCc2ccccc2C#N)cc1OC. The number of rotatable bonds is 6. The Morgan fingerprint density at radius 3 is 2.58 bits per heavy atom. The van der Waals surface area contributed by atoms with Gasteiger partial charge in [-0.2, -0.15) is 5.26 Å². The molecule has 36 heavy (non-hydrogen) atoms. The van der Waals surface area contributed by atoms with Crippen molar-refractivity contribution in [1.82, 2.24) is 4.98 Å². The molecule has 4 aromatic rings. The third-order valence-corrected chi connectivity index (χ3v) is 6.39. The van der Waals surface area contributed by atoms with E-state index in [-0.39, 0.29) is 6.61 Å². The zero-order valence-electron chi connectivity index (χ0n) is 20.1. The lowest BCUT2D eigenvalue weighted by Gasteiger charge is -2.13. The number of nitrogens with zero attached hydrogens (tertiary/aromatic N) is 2. The summed E-state index contributed by atoms with van der Waals surface area (Å²) in [6.07, 6.45) is 3.52. The summed E-state index contributed by atoms with van der Waals surface area (Å²) >= 11 is 0. The number of nitriles is 1. The molecule has 0 saturated carbocycles. The van der Waals surface area contributed by atoms with Gasteiger partial charge in [-0.3, -0.25) is 0 Å². The van der Waals surface area contributed by atoms with Crippen LogP contribution in [0.5, 0.6) is 11.5 Å². The van der Waals surface area contributed by atoms with Crippen LogP contribution in [0, 0.1) is 11.3 Å². The van der Waals surface area contributed by atoms with Gasteiger partial charge < -0.3 is 14.2 Å². The number of carbonyl (C=O) groups excluding carboxylic acids is 1. The number of aromatic nitrogens is 1. The van der Waals surface area contributed by atoms with Gasteiger partial charge in [-0.25, -0.2) is 9.78 Å². The van der Waals surface area contributed by atoms with E-state index in [1.807, 2.05) is 48.5 Å². The van der Waals surface area contributed by atoms with Crippen LogP contribution in [0.2, 0.25) is 0 Å². The van der Waals surface area contributed by atoms with Gasteiger partial charge >= 0.3 is 5.97 Å². The molecule has 1 aliphatic rings. The van der Waals surface area contributed by atoms with Gasteiger partial charge in [0.15, 0.2) is 11.5 Å². The summed E-state index contributed by atoms with van der Waals surface area (Å²) in [4.78, 5) is 18.4. The van der Waals surface area contributed by atoms with E-state index in [9.17, 15) is 10.1 Å². The molecule has 0 spiro atoms. The molecule has 1 aliphatic carbocycles. The highest BCUT2D eigenvalue weighted by molar-refractivity contribution is 6.07. The zero-order valence-corrected chi connectivity index (χ0v) is 20.1. The minimum absolute atomic E-state index is 0.0301. The highest BCUT2D eigenvalue weighted by Crippen LogP contribution is 2.38. The van der Waals surface area contributed by atoms with Gasteiger partial charge in [-0.15, -0.1) is 0 Å². The van der Waals surface area contributed by atoms with Gasteiger partial charge in [-0.1, -0.05) is 42.5 Å². The molecule has 0 amide bonds. The molecular formula is C30H24N2O4. The topological polar surface area (TPSA) is 81.4 Å². The fourth-order valence-corrected chi connectivity index (χ4v) is 4.63. The smallest absolute Gasteiger partial charge is 0.339 e. The summed E-state index contributed by atoms with van der Waals surface area (Å²) in [5, 5.41) is 10.1. The number of hydrogen-bond donors (Lipinski definition) is 0. The van der Waals surface area contributed by atoms with Gasteiger partial charge in [0, 0.05) is 10.9 Å². The lowest BCUT2D eigenvalue weighted by atomic mass is 10.0. The first kappa shape index (κ1) is 23.1. The standard InChI is InChI=1S/C30H24N2O4/c1-34-26-14-11-19(16-27(26)35-2)15-20-12-13-24-28(23-9-5-6-10-25(23)32-29(20)24)30(33)36-18-22-8-4-3-7-21(22)17-31/h3-11,14-16H,12-13,18H2,1-2H3. The Morgan fingerprint density at radius 2 is 1.78 bits per heavy atom. The molecule has 0 N–H and O–H groups in total. The quantitative estimate of drug-likeness (QED) is 0.319. The summed E-state index contributed by atoms with van der Waals surface area (Å²) in [6, 6.07) is 22.7. The van der Waals surface area contributed by atoms with Crippen molar-refractivity contribution in [2.24, 2.45) is 0 Å². The molecule has 1 heterocycles. The Bertz CT molecular complexity index is 1550. The van der Waals surface area contributed by atoms with Gasteiger partial charge in [0.1, 0.15) is 6.61 Å². The van der Waals surface area contributed by atoms with Crippen LogP contribution < -0.4 is 9.47 Å². The highest BCUT2D eigenvalue weighted by atomic mass is 16.5. The molecule has 6 heteroatoms. The first-order valence-electron chi connectivity index (χ1n) is 11.6. The van der Waals surface area contributed by atoms with Crippen LogP contribution in [0.25, 0.3) is 22.6 Å². The maximum absolute atomic E-state index is 13.4. The summed E-state index contributed by atoms with van der Waals surface area (Å²) in [6.45, 7) is 0.0301. The molecule has 0 saturated heterocycles. The number of para-hydroxylation sites is 1. The van der Waals surface area contributed by atoms with Crippen LogP contribution in [0.15, 0.2) is 66.7 Å². The van der Waals surface area contributed by atoms with Crippen molar-refractivity contribution >= 4 is 28.5 Å². The van der Waals surface area contributed by atoms with Crippen molar-refractivity contribution < 1.29 is 19.0 Å². The molecular weight excluding hydrogens is 452 g/mol. The monoisotopic (exact) mass is 476 g/mol. The van der Waals surface area contributed by atoms with Crippen LogP contribution in [-0.2, 0) is 17.8 Å². The number of allylic oxidation sites excluding steroid dienone is 1. The second-order valence-electron chi connectivity index (χ2n) is 8.46. The summed E-state index contributed by atoms with van der Waals surface area (Å²) in [5.41, 5.74) is 6.16. The average molecular weight is 477 g/mol. The minimum atomic E-state index is -0.412. The minimum Gasteiger partial charge on any atom is -0.493 e. The van der Waals surface area contributed by atoms with Crippen LogP contribution in [0.1, 0.15) is 44.7 Å². The van der Waals surface area contributed by atoms with Gasteiger partial charge in [0.25, 0.3) is 0 Å². The first-order chi connectivity index (χ1) is 17.6. The van der Waals surface area contributed by atoms with E-state index < -0.39 is 5.97 Å². The third-order valence-electron chi connectivity index (χ3n) is 6.39. The number of benzene rings is 3. The molecule has 0 unspecified atom stereocenters. The number of fused-ring (bicyclic) bond motifs is 2. The zero-order chi connectivity index (χ0) is 25.1. The maximum Gasteiger partial charge on any atom is 0.339 e. The van der Waals surface area contributed by atoms with Crippen molar-refractivity contribution in [2.75, 3.05) is 14.2 Å². The Morgan fingerprint density at radius 1 is 1.00 bits per heavy atom. The summed E-state index contributed by atoms with van der Waals surface area (Å²) in [7, 11) is 3.22. The molecule has 0 fully saturated rings. The van der Waals surface area contributed by atoms with E-state index in [0.717, 1.165) is 39.7 Å². The number of carbonyl (C=O) groups is 1. The Kier molecular flexibility index (Phi) is 6.38. The predicted octanol–water partition coefficient (Wildman–Crippen LogP) is 5.97. The molecule has 0 atom stereocenters. The number of methoxy groups -OCH3 is 2. The molecule has 0 radical (unpaired) electrons. The van der Waals surface area contributed by atoms with Crippen molar-refractivity contribution in [3.8, 4) is 17.6 Å². The number of pyridine rings is 1. The van der Waals surface area contributed by atoms with E-state index in [1.54, 1.807) is 32.4 Å². The van der Waals surface area contributed by atoms with Crippen molar-refractivity contribution in [3.63, 3.8) is 0 Å². The normalized spacial score (nSPS) is 13.3. The molecule has 3 aromatic carbocycles. The second kappa shape index (κ2) is 9.93. The summed E-state index contributed by atoms with van der Waals surface area (Å²) < 4.78 is 16.5. The van der Waals surface area contributed by atoms with Gasteiger partial charge in [-0.05, 0) is 59.9 Å². The molecule has 0 aliphatic heterocycles. The lowest BCUT2D eigenvalue weighted by Crippen LogP contribution is -2.11. The van der Waals surface area contributed by atoms with Crippen molar-refractivity contribution in [2.45, 2.75) is 19.4 Å². The predicted molar refractivity (Wildman–Crippen MR) is 138 cm³/mol. The van der Waals surface area contributed by atoms with E-state index in [4.69, 9.17) is 19.2 Å². The molecule has 1 aromatic heterocycles. The summed E-state index contributed by atoms with van der Waals surface area (Å²) in [5.74, 6) is 0.905. The lowest BCUT2D eigenvalue weighted by molar-refractivity contribution is 0.0473. The third kappa shape index (κ3) is 4.27. The number of esters is 1. The molecule has 178 valence electrons. The Labute approximate surface area is 209 Å². The van der Waals surface area contributed by atoms with Crippen LogP contribution in [0.3, 0.4) is 0 Å². The second-order valence-corrected chi connectivity index (χ2v) is 8.46.